The van der Waals surface area contributed by atoms with Crippen LogP contribution in [0.3, 0.4) is 0 Å². The van der Waals surface area contributed by atoms with Crippen LogP contribution < -0.4 is 10.6 Å². The fraction of sp³-hybridized carbons (Fsp3) is 0.333. The zero-order chi connectivity index (χ0) is 14.8. The summed E-state index contributed by atoms with van der Waals surface area (Å²) in [6.45, 7) is 2.11. The largest absolute Gasteiger partial charge is 0.359 e. The third kappa shape index (κ3) is 3.04. The van der Waals surface area contributed by atoms with Gasteiger partial charge in [-0.1, -0.05) is 11.2 Å². The highest BCUT2D eigenvalue weighted by molar-refractivity contribution is 5.74. The molecule has 110 valence electrons. The van der Waals surface area contributed by atoms with E-state index in [1.165, 1.54) is 12.1 Å². The van der Waals surface area contributed by atoms with E-state index in [1.807, 2.05) is 6.92 Å². The van der Waals surface area contributed by atoms with Gasteiger partial charge in [0.05, 0.1) is 18.3 Å². The zero-order valence-electron chi connectivity index (χ0n) is 11.6. The molecule has 3 rings (SSSR count). The highest BCUT2D eigenvalue weighted by Crippen LogP contribution is 2.31. The van der Waals surface area contributed by atoms with Crippen LogP contribution in [0, 0.1) is 12.7 Å². The monoisotopic (exact) mass is 289 g/mol. The molecule has 0 radical (unpaired) electrons. The number of nitrogens with one attached hydrogen (secondary N) is 2. The number of amides is 2. The molecule has 0 spiro atoms. The average molecular weight is 289 g/mol. The molecule has 1 aromatic carbocycles. The van der Waals surface area contributed by atoms with Crippen LogP contribution in [-0.4, -0.2) is 11.2 Å². The molecular weight excluding hydrogens is 273 g/mol. The molecule has 6 heteroatoms. The number of halogens is 1. The predicted molar refractivity (Wildman–Crippen MR) is 74.1 cm³/mol. The molecule has 21 heavy (non-hydrogen) atoms. The van der Waals surface area contributed by atoms with E-state index >= 15 is 0 Å². The van der Waals surface area contributed by atoms with Gasteiger partial charge in [-0.05, 0) is 43.0 Å². The number of hydrogen-bond acceptors (Lipinski definition) is 3. The van der Waals surface area contributed by atoms with Gasteiger partial charge in [-0.2, -0.15) is 0 Å². The predicted octanol–water partition coefficient (Wildman–Crippen LogP) is 2.61. The van der Waals surface area contributed by atoms with E-state index in [9.17, 15) is 9.18 Å². The minimum absolute atomic E-state index is 0.0722. The van der Waals surface area contributed by atoms with E-state index in [-0.39, 0.29) is 24.4 Å². The smallest absolute Gasteiger partial charge is 0.315 e. The van der Waals surface area contributed by atoms with Gasteiger partial charge in [0.2, 0.25) is 0 Å². The van der Waals surface area contributed by atoms with Crippen molar-refractivity contribution in [2.75, 3.05) is 0 Å². The van der Waals surface area contributed by atoms with Crippen LogP contribution in [-0.2, 0) is 13.0 Å². The minimum atomic E-state index is -0.272. The van der Waals surface area contributed by atoms with Gasteiger partial charge in [0, 0.05) is 6.07 Å². The van der Waals surface area contributed by atoms with Crippen LogP contribution >= 0.6 is 0 Å². The Kier molecular flexibility index (Phi) is 3.60. The Balaban J connectivity index is 1.57. The lowest BCUT2D eigenvalue weighted by Crippen LogP contribution is -2.36. The van der Waals surface area contributed by atoms with Crippen LogP contribution in [0.2, 0.25) is 0 Å². The molecule has 0 saturated heterocycles. The number of rotatable bonds is 3. The van der Waals surface area contributed by atoms with E-state index in [0.717, 1.165) is 29.7 Å². The highest BCUT2D eigenvalue weighted by Gasteiger charge is 2.24. The summed E-state index contributed by atoms with van der Waals surface area (Å²) in [5, 5.41) is 9.37. The number of nitrogens with zero attached hydrogens (tertiary/aromatic N) is 1. The van der Waals surface area contributed by atoms with Crippen molar-refractivity contribution in [2.24, 2.45) is 0 Å². The second-order valence-electron chi connectivity index (χ2n) is 5.20. The molecule has 1 aliphatic carbocycles. The second-order valence-corrected chi connectivity index (χ2v) is 5.20. The Hall–Kier alpha value is -2.37. The fourth-order valence-electron chi connectivity index (χ4n) is 2.61. The number of aryl methyl sites for hydroxylation is 2. The number of urea groups is 1. The summed E-state index contributed by atoms with van der Waals surface area (Å²) < 4.78 is 18.2. The normalized spacial score (nSPS) is 16.6. The van der Waals surface area contributed by atoms with E-state index in [1.54, 1.807) is 12.1 Å². The Morgan fingerprint density at radius 2 is 2.33 bits per heavy atom. The van der Waals surface area contributed by atoms with Crippen LogP contribution in [0.1, 0.15) is 35.0 Å². The Morgan fingerprint density at radius 1 is 1.48 bits per heavy atom. The number of fused-ring (bicyclic) bond motifs is 1. The third-order valence-corrected chi connectivity index (χ3v) is 3.59. The van der Waals surface area contributed by atoms with E-state index in [0.29, 0.717) is 5.76 Å². The average Bonchev–Trinajstić information content (AvgIpc) is 3.03. The molecule has 0 aliphatic heterocycles. The third-order valence-electron chi connectivity index (χ3n) is 3.59. The van der Waals surface area contributed by atoms with Crippen LogP contribution in [0.15, 0.2) is 28.8 Å². The van der Waals surface area contributed by atoms with Gasteiger partial charge in [0.1, 0.15) is 5.82 Å². The Bertz CT molecular complexity index is 669. The first-order valence-corrected chi connectivity index (χ1v) is 6.87. The topological polar surface area (TPSA) is 67.2 Å². The molecule has 0 unspecified atom stereocenters. The molecule has 2 amide bonds. The van der Waals surface area contributed by atoms with E-state index in [2.05, 4.69) is 15.8 Å². The van der Waals surface area contributed by atoms with Gasteiger partial charge in [-0.25, -0.2) is 9.18 Å². The Labute approximate surface area is 121 Å². The van der Waals surface area contributed by atoms with Crippen molar-refractivity contribution in [3.63, 3.8) is 0 Å². The van der Waals surface area contributed by atoms with Crippen molar-refractivity contribution >= 4 is 6.03 Å². The first-order chi connectivity index (χ1) is 10.1. The van der Waals surface area contributed by atoms with Crippen molar-refractivity contribution < 1.29 is 13.7 Å². The van der Waals surface area contributed by atoms with Crippen molar-refractivity contribution in [2.45, 2.75) is 32.4 Å². The summed E-state index contributed by atoms with van der Waals surface area (Å²) in [4.78, 5) is 11.9. The molecule has 2 N–H and O–H groups in total. The van der Waals surface area contributed by atoms with Crippen LogP contribution in [0.25, 0.3) is 0 Å². The summed E-state index contributed by atoms with van der Waals surface area (Å²) in [6.07, 6.45) is 1.56. The lowest BCUT2D eigenvalue weighted by molar-refractivity contribution is 0.235. The molecule has 1 heterocycles. The molecule has 0 bridgehead atoms. The van der Waals surface area contributed by atoms with E-state index in [4.69, 9.17) is 4.52 Å². The van der Waals surface area contributed by atoms with Gasteiger partial charge in [0.25, 0.3) is 0 Å². The first kappa shape index (κ1) is 13.6. The lowest BCUT2D eigenvalue weighted by atomic mass is 10.1. The SMILES string of the molecule is Cc1cc(CNC(=O)N[C@@H]2CCc3cc(F)ccc32)on1. The fourth-order valence-corrected chi connectivity index (χ4v) is 2.61. The number of benzene rings is 1. The number of carbonyl (C=O) groups is 1. The van der Waals surface area contributed by atoms with Crippen molar-refractivity contribution in [3.8, 4) is 0 Å². The lowest BCUT2D eigenvalue weighted by Gasteiger charge is -2.14. The van der Waals surface area contributed by atoms with Crippen molar-refractivity contribution in [3.05, 3.63) is 52.7 Å². The summed E-state index contributed by atoms with van der Waals surface area (Å²) in [5.74, 6) is 0.371. The van der Waals surface area contributed by atoms with Gasteiger partial charge in [0.15, 0.2) is 5.76 Å². The molecule has 1 atom stereocenters. The quantitative estimate of drug-likeness (QED) is 0.912. The van der Waals surface area contributed by atoms with E-state index < -0.39 is 0 Å². The maximum absolute atomic E-state index is 13.1. The zero-order valence-corrected chi connectivity index (χ0v) is 11.6. The summed E-state index contributed by atoms with van der Waals surface area (Å²) in [5.41, 5.74) is 2.73. The molecule has 1 aliphatic rings. The molecule has 5 nitrogen and oxygen atoms in total. The maximum Gasteiger partial charge on any atom is 0.315 e. The minimum Gasteiger partial charge on any atom is -0.359 e. The van der Waals surface area contributed by atoms with Crippen molar-refractivity contribution in [1.29, 1.82) is 0 Å². The van der Waals surface area contributed by atoms with Gasteiger partial charge >= 0.3 is 6.03 Å². The number of aromatic nitrogens is 1. The van der Waals surface area contributed by atoms with Gasteiger partial charge in [-0.15, -0.1) is 0 Å². The summed E-state index contributed by atoms with van der Waals surface area (Å²) in [7, 11) is 0. The first-order valence-electron chi connectivity index (χ1n) is 6.87. The number of hydrogen-bond donors (Lipinski definition) is 2. The highest BCUT2D eigenvalue weighted by atomic mass is 19.1. The van der Waals surface area contributed by atoms with Gasteiger partial charge in [-0.3, -0.25) is 0 Å². The van der Waals surface area contributed by atoms with Crippen LogP contribution in [0.5, 0.6) is 0 Å². The standard InChI is InChI=1S/C15H16FN3O2/c1-9-6-12(21-19-9)8-17-15(20)18-14-5-2-10-7-11(16)3-4-13(10)14/h3-4,6-7,14H,2,5,8H2,1H3,(H2,17,18,20)/t14-/m1/s1. The summed E-state index contributed by atoms with van der Waals surface area (Å²) in [6, 6.07) is 6.12. The van der Waals surface area contributed by atoms with Crippen LogP contribution in [0.4, 0.5) is 9.18 Å². The number of carbonyl (C=O) groups excluding carboxylic acids is 1. The molecule has 0 fully saturated rings. The summed E-state index contributed by atoms with van der Waals surface area (Å²) >= 11 is 0. The van der Waals surface area contributed by atoms with Crippen molar-refractivity contribution in [1.82, 2.24) is 15.8 Å². The van der Waals surface area contributed by atoms with Gasteiger partial charge < -0.3 is 15.2 Å². The molecule has 0 saturated carbocycles. The molecule has 1 aromatic heterocycles. The second kappa shape index (κ2) is 5.55. The molecule has 2 aromatic rings. The molecular formula is C15H16FN3O2. The Morgan fingerprint density at radius 3 is 3.10 bits per heavy atom. The maximum atomic E-state index is 13.1.